The lowest BCUT2D eigenvalue weighted by atomic mass is 10.1. The molecule has 0 aromatic heterocycles. The number of nitrogens with zero attached hydrogens (tertiary/aromatic N) is 1. The van der Waals surface area contributed by atoms with Gasteiger partial charge in [-0.3, -0.25) is 0 Å². The number of hydrogen-bond donors (Lipinski definition) is 1. The average molecular weight is 218 g/mol. The van der Waals surface area contributed by atoms with Crippen molar-refractivity contribution < 1.29 is 0 Å². The lowest BCUT2D eigenvalue weighted by Crippen LogP contribution is -2.20. The Morgan fingerprint density at radius 3 is 2.56 bits per heavy atom. The van der Waals surface area contributed by atoms with Crippen LogP contribution in [-0.2, 0) is 13.1 Å². The zero-order valence-electron chi connectivity index (χ0n) is 10.2. The molecule has 1 fully saturated rings. The first kappa shape index (κ1) is 11.6. The molecule has 1 aromatic rings. The number of benzene rings is 1. The number of rotatable bonds is 6. The van der Waals surface area contributed by atoms with E-state index in [1.807, 2.05) is 0 Å². The van der Waals surface area contributed by atoms with Gasteiger partial charge in [0.25, 0.3) is 0 Å². The van der Waals surface area contributed by atoms with Crippen molar-refractivity contribution in [2.24, 2.45) is 11.7 Å². The molecule has 0 heterocycles. The topological polar surface area (TPSA) is 29.3 Å². The van der Waals surface area contributed by atoms with Gasteiger partial charge in [-0.15, -0.1) is 0 Å². The van der Waals surface area contributed by atoms with Crippen LogP contribution in [0.1, 0.15) is 30.4 Å². The van der Waals surface area contributed by atoms with Crippen LogP contribution in [0, 0.1) is 5.92 Å². The van der Waals surface area contributed by atoms with Crippen LogP contribution in [-0.4, -0.2) is 18.5 Å². The summed E-state index contributed by atoms with van der Waals surface area (Å²) in [5, 5.41) is 0. The van der Waals surface area contributed by atoms with Gasteiger partial charge in [0, 0.05) is 13.1 Å². The first-order valence-corrected chi connectivity index (χ1v) is 6.25. The summed E-state index contributed by atoms with van der Waals surface area (Å²) in [6, 6.07) is 8.49. The highest BCUT2D eigenvalue weighted by molar-refractivity contribution is 5.26. The van der Waals surface area contributed by atoms with E-state index in [0.29, 0.717) is 6.54 Å². The fourth-order valence-corrected chi connectivity index (χ4v) is 2.09. The zero-order valence-corrected chi connectivity index (χ0v) is 10.2. The van der Waals surface area contributed by atoms with E-state index in [2.05, 4.69) is 36.2 Å². The summed E-state index contributed by atoms with van der Waals surface area (Å²) >= 11 is 0. The summed E-state index contributed by atoms with van der Waals surface area (Å²) < 4.78 is 0. The van der Waals surface area contributed by atoms with Crippen molar-refractivity contribution in [2.45, 2.75) is 32.4 Å². The second-order valence-electron chi connectivity index (χ2n) is 4.94. The molecule has 0 unspecified atom stereocenters. The van der Waals surface area contributed by atoms with Crippen molar-refractivity contribution in [1.82, 2.24) is 4.90 Å². The molecule has 1 aromatic carbocycles. The van der Waals surface area contributed by atoms with E-state index in [0.717, 1.165) is 12.5 Å². The zero-order chi connectivity index (χ0) is 11.4. The molecule has 1 aliphatic rings. The van der Waals surface area contributed by atoms with Crippen molar-refractivity contribution in [3.05, 3.63) is 35.4 Å². The molecule has 0 spiro atoms. The molecule has 1 aliphatic carbocycles. The van der Waals surface area contributed by atoms with Gasteiger partial charge in [0.05, 0.1) is 0 Å². The monoisotopic (exact) mass is 218 g/mol. The van der Waals surface area contributed by atoms with Gasteiger partial charge >= 0.3 is 0 Å². The molecule has 2 rings (SSSR count). The summed E-state index contributed by atoms with van der Waals surface area (Å²) in [5.74, 6) is 1.02. The van der Waals surface area contributed by atoms with E-state index in [1.165, 1.54) is 36.9 Å². The van der Waals surface area contributed by atoms with Gasteiger partial charge in [-0.1, -0.05) is 37.1 Å². The Labute approximate surface area is 98.4 Å². The Hall–Kier alpha value is -0.860. The number of hydrogen-bond acceptors (Lipinski definition) is 2. The molecular weight excluding hydrogens is 196 g/mol. The highest BCUT2D eigenvalue weighted by Gasteiger charge is 2.21. The molecular formula is C14H22N2. The van der Waals surface area contributed by atoms with Crippen LogP contribution in [0.2, 0.25) is 0 Å². The van der Waals surface area contributed by atoms with E-state index in [9.17, 15) is 0 Å². The minimum absolute atomic E-state index is 0.645. The predicted molar refractivity (Wildman–Crippen MR) is 68.0 cm³/mol. The second-order valence-corrected chi connectivity index (χ2v) is 4.94. The van der Waals surface area contributed by atoms with Gasteiger partial charge in [-0.25, -0.2) is 0 Å². The van der Waals surface area contributed by atoms with Crippen molar-refractivity contribution in [2.75, 3.05) is 13.6 Å². The third-order valence-electron chi connectivity index (χ3n) is 3.39. The molecule has 1 saturated carbocycles. The van der Waals surface area contributed by atoms with Crippen LogP contribution in [0.4, 0.5) is 0 Å². The van der Waals surface area contributed by atoms with Crippen LogP contribution in [0.15, 0.2) is 24.3 Å². The lowest BCUT2D eigenvalue weighted by Gasteiger charge is -2.18. The minimum atomic E-state index is 0.645. The van der Waals surface area contributed by atoms with E-state index in [4.69, 9.17) is 5.73 Å². The van der Waals surface area contributed by atoms with E-state index < -0.39 is 0 Å². The fourth-order valence-electron chi connectivity index (χ4n) is 2.09. The molecule has 0 bridgehead atoms. The van der Waals surface area contributed by atoms with Crippen LogP contribution < -0.4 is 5.73 Å². The maximum Gasteiger partial charge on any atom is 0.0233 e. The van der Waals surface area contributed by atoms with Gasteiger partial charge in [0.1, 0.15) is 0 Å². The van der Waals surface area contributed by atoms with Crippen molar-refractivity contribution in [3.63, 3.8) is 0 Å². The van der Waals surface area contributed by atoms with Gasteiger partial charge in [0.2, 0.25) is 0 Å². The molecule has 0 atom stereocenters. The molecule has 0 amide bonds. The maximum absolute atomic E-state index is 5.74. The number of nitrogens with two attached hydrogens (primary N) is 1. The van der Waals surface area contributed by atoms with Crippen LogP contribution >= 0.6 is 0 Å². The van der Waals surface area contributed by atoms with Crippen molar-refractivity contribution in [1.29, 1.82) is 0 Å². The van der Waals surface area contributed by atoms with E-state index >= 15 is 0 Å². The Morgan fingerprint density at radius 2 is 1.94 bits per heavy atom. The molecule has 2 N–H and O–H groups in total. The summed E-state index contributed by atoms with van der Waals surface area (Å²) in [6.45, 7) is 2.89. The van der Waals surface area contributed by atoms with Crippen molar-refractivity contribution in [3.8, 4) is 0 Å². The first-order valence-electron chi connectivity index (χ1n) is 6.25. The Morgan fingerprint density at radius 1 is 1.25 bits per heavy atom. The van der Waals surface area contributed by atoms with E-state index in [-0.39, 0.29) is 0 Å². The first-order chi connectivity index (χ1) is 7.79. The molecule has 2 heteroatoms. The Bertz CT molecular complexity index is 331. The molecule has 0 aliphatic heterocycles. The quantitative estimate of drug-likeness (QED) is 0.794. The molecule has 2 nitrogen and oxygen atoms in total. The minimum Gasteiger partial charge on any atom is -0.326 e. The molecule has 16 heavy (non-hydrogen) atoms. The average Bonchev–Trinajstić information content (AvgIpc) is 3.11. The largest absolute Gasteiger partial charge is 0.326 e. The predicted octanol–water partition coefficient (Wildman–Crippen LogP) is 2.38. The summed E-state index contributed by atoms with van der Waals surface area (Å²) in [5.41, 5.74) is 8.40. The fraction of sp³-hybridized carbons (Fsp3) is 0.571. The van der Waals surface area contributed by atoms with Crippen LogP contribution in [0.5, 0.6) is 0 Å². The van der Waals surface area contributed by atoms with Gasteiger partial charge in [0.15, 0.2) is 0 Å². The highest BCUT2D eigenvalue weighted by atomic mass is 15.1. The van der Waals surface area contributed by atoms with Crippen LogP contribution in [0.3, 0.4) is 0 Å². The third-order valence-corrected chi connectivity index (χ3v) is 3.39. The highest BCUT2D eigenvalue weighted by Crippen LogP contribution is 2.32. The normalized spacial score (nSPS) is 15.7. The molecule has 0 saturated heterocycles. The summed E-state index contributed by atoms with van der Waals surface area (Å²) in [7, 11) is 2.20. The van der Waals surface area contributed by atoms with Gasteiger partial charge in [-0.05, 0) is 37.1 Å². The van der Waals surface area contributed by atoms with E-state index in [1.54, 1.807) is 0 Å². The summed E-state index contributed by atoms with van der Waals surface area (Å²) in [6.07, 6.45) is 4.27. The van der Waals surface area contributed by atoms with Crippen molar-refractivity contribution >= 4 is 0 Å². The third kappa shape index (κ3) is 3.32. The smallest absolute Gasteiger partial charge is 0.0233 e. The maximum atomic E-state index is 5.74. The second kappa shape index (κ2) is 5.46. The Balaban J connectivity index is 1.85. The van der Waals surface area contributed by atoms with Gasteiger partial charge in [-0.2, -0.15) is 0 Å². The molecule has 88 valence electrons. The SMILES string of the molecule is CN(CCC1CC1)Cc1ccccc1CN. The van der Waals surface area contributed by atoms with Crippen LogP contribution in [0.25, 0.3) is 0 Å². The lowest BCUT2D eigenvalue weighted by molar-refractivity contribution is 0.314. The standard InChI is InChI=1S/C14H22N2/c1-16(9-8-12-6-7-12)11-14-5-3-2-4-13(14)10-15/h2-5,12H,6-11,15H2,1H3. The summed E-state index contributed by atoms with van der Waals surface area (Å²) in [4.78, 5) is 2.41. The molecule has 0 radical (unpaired) electrons. The Kier molecular flexibility index (Phi) is 3.97. The van der Waals surface area contributed by atoms with Gasteiger partial charge < -0.3 is 10.6 Å².